The first-order chi connectivity index (χ1) is 12.4. The third-order valence-corrected chi connectivity index (χ3v) is 5.15. The highest BCUT2D eigenvalue weighted by atomic mass is 35.5. The number of halogens is 3. The van der Waals surface area contributed by atoms with Crippen molar-refractivity contribution in [2.24, 2.45) is 5.10 Å². The van der Waals surface area contributed by atoms with Gasteiger partial charge in [-0.25, -0.2) is 16.3 Å². The average molecular weight is 412 g/mol. The second kappa shape index (κ2) is 8.37. The van der Waals surface area contributed by atoms with Gasteiger partial charge in [0.1, 0.15) is 6.04 Å². The monoisotopic (exact) mass is 410 g/mol. The fourth-order valence-electron chi connectivity index (χ4n) is 2.65. The van der Waals surface area contributed by atoms with Crippen LogP contribution in [-0.4, -0.2) is 17.7 Å². The van der Waals surface area contributed by atoms with Crippen molar-refractivity contribution in [1.29, 1.82) is 0 Å². The van der Waals surface area contributed by atoms with Crippen molar-refractivity contribution in [3.8, 4) is 0 Å². The molecular weight excluding hydrogens is 395 g/mol. The number of hydrazine groups is 1. The van der Waals surface area contributed by atoms with Crippen molar-refractivity contribution in [1.82, 2.24) is 16.3 Å². The van der Waals surface area contributed by atoms with Crippen LogP contribution in [0.3, 0.4) is 0 Å². The van der Waals surface area contributed by atoms with E-state index in [0.717, 1.165) is 11.1 Å². The molecule has 1 amide bonds. The molecule has 0 bridgehead atoms. The highest BCUT2D eigenvalue weighted by Crippen LogP contribution is 2.29. The van der Waals surface area contributed by atoms with E-state index in [9.17, 15) is 4.79 Å². The number of rotatable bonds is 4. The Morgan fingerprint density at radius 2 is 1.81 bits per heavy atom. The van der Waals surface area contributed by atoms with Gasteiger partial charge in [0, 0.05) is 11.1 Å². The topological polar surface area (TPSA) is 65.5 Å². The summed E-state index contributed by atoms with van der Waals surface area (Å²) < 4.78 is 0. The first kappa shape index (κ1) is 19.1. The fraction of sp³-hybridized carbons (Fsp3) is 0.222. The van der Waals surface area contributed by atoms with Crippen molar-refractivity contribution in [3.05, 3.63) is 68.7 Å². The maximum Gasteiger partial charge on any atom is 0.258 e. The van der Waals surface area contributed by atoms with Gasteiger partial charge in [-0.3, -0.25) is 4.79 Å². The van der Waals surface area contributed by atoms with E-state index in [4.69, 9.17) is 34.8 Å². The van der Waals surface area contributed by atoms with Gasteiger partial charge in [-0.2, -0.15) is 5.10 Å². The van der Waals surface area contributed by atoms with E-state index in [0.29, 0.717) is 27.2 Å². The zero-order valence-corrected chi connectivity index (χ0v) is 16.2. The van der Waals surface area contributed by atoms with Gasteiger partial charge in [0.2, 0.25) is 0 Å². The highest BCUT2D eigenvalue weighted by molar-refractivity contribution is 6.42. The molecule has 1 fully saturated rings. The minimum atomic E-state index is -0.406. The Kier molecular flexibility index (Phi) is 6.16. The van der Waals surface area contributed by atoms with Gasteiger partial charge < -0.3 is 0 Å². The molecule has 2 unspecified atom stereocenters. The second-order valence-corrected chi connectivity index (χ2v) is 7.23. The lowest BCUT2D eigenvalue weighted by molar-refractivity contribution is -0.122. The van der Waals surface area contributed by atoms with E-state index >= 15 is 0 Å². The van der Waals surface area contributed by atoms with Crippen LogP contribution < -0.4 is 16.3 Å². The van der Waals surface area contributed by atoms with Crippen molar-refractivity contribution in [2.75, 3.05) is 0 Å². The van der Waals surface area contributed by atoms with Crippen molar-refractivity contribution < 1.29 is 4.79 Å². The van der Waals surface area contributed by atoms with Crippen LogP contribution in [0.2, 0.25) is 15.1 Å². The minimum absolute atomic E-state index is 0.0399. The molecule has 2 atom stereocenters. The maximum atomic E-state index is 12.3. The molecule has 1 aliphatic rings. The Bertz CT molecular complexity index is 839. The van der Waals surface area contributed by atoms with E-state index in [1.54, 1.807) is 24.3 Å². The standard InChI is InChI=1S/C18H17Cl3N4O/c1-10(11-2-5-13(19)6-3-11)22-25-18(26)17-9-16(23-24-17)12-4-7-14(20)15(21)8-12/h2-8,16-17,23-24H,9H2,1H3,(H,25,26)/b22-10-. The molecule has 8 heteroatoms. The number of benzene rings is 2. The third kappa shape index (κ3) is 4.55. The molecule has 136 valence electrons. The van der Waals surface area contributed by atoms with Gasteiger partial charge in [-0.15, -0.1) is 0 Å². The molecule has 2 aromatic rings. The summed E-state index contributed by atoms with van der Waals surface area (Å²) >= 11 is 17.9. The predicted octanol–water partition coefficient (Wildman–Crippen LogP) is 4.09. The number of nitrogens with one attached hydrogen (secondary N) is 3. The zero-order valence-electron chi connectivity index (χ0n) is 13.9. The number of nitrogens with zero attached hydrogens (tertiary/aromatic N) is 1. The molecule has 2 aromatic carbocycles. The predicted molar refractivity (Wildman–Crippen MR) is 106 cm³/mol. The van der Waals surface area contributed by atoms with E-state index in [1.165, 1.54) is 0 Å². The van der Waals surface area contributed by atoms with E-state index in [1.807, 2.05) is 25.1 Å². The summed E-state index contributed by atoms with van der Waals surface area (Å²) in [7, 11) is 0. The molecule has 1 saturated heterocycles. The summed E-state index contributed by atoms with van der Waals surface area (Å²) in [5, 5.41) is 5.80. The fourth-order valence-corrected chi connectivity index (χ4v) is 3.08. The van der Waals surface area contributed by atoms with Gasteiger partial charge in [-0.1, -0.05) is 53.0 Å². The van der Waals surface area contributed by atoms with Crippen LogP contribution in [0.25, 0.3) is 0 Å². The molecule has 1 aliphatic heterocycles. The largest absolute Gasteiger partial charge is 0.271 e. The van der Waals surface area contributed by atoms with Crippen molar-refractivity contribution in [3.63, 3.8) is 0 Å². The number of carbonyl (C=O) groups excluding carboxylic acids is 1. The molecule has 0 aliphatic carbocycles. The van der Waals surface area contributed by atoms with Crippen molar-refractivity contribution >= 4 is 46.4 Å². The molecule has 26 heavy (non-hydrogen) atoms. The SMILES string of the molecule is C/C(=N/NC(=O)C1CC(c2ccc(Cl)c(Cl)c2)NN1)c1ccc(Cl)cc1. The van der Waals surface area contributed by atoms with E-state index in [-0.39, 0.29) is 11.9 Å². The van der Waals surface area contributed by atoms with Crippen LogP contribution in [0, 0.1) is 0 Å². The average Bonchev–Trinajstić information content (AvgIpc) is 3.12. The summed E-state index contributed by atoms with van der Waals surface area (Å²) in [6, 6.07) is 12.2. The summed E-state index contributed by atoms with van der Waals surface area (Å²) in [5.41, 5.74) is 11.2. The maximum absolute atomic E-state index is 12.3. The first-order valence-electron chi connectivity index (χ1n) is 8.00. The normalized spacial score (nSPS) is 20.2. The van der Waals surface area contributed by atoms with Gasteiger partial charge in [-0.05, 0) is 48.7 Å². The molecule has 3 rings (SSSR count). The third-order valence-electron chi connectivity index (χ3n) is 4.16. The van der Waals surface area contributed by atoms with E-state index in [2.05, 4.69) is 21.4 Å². The Balaban J connectivity index is 1.59. The molecular formula is C18H17Cl3N4O. The number of hydrogen-bond donors (Lipinski definition) is 3. The Morgan fingerprint density at radius 3 is 2.50 bits per heavy atom. The molecule has 0 spiro atoms. The lowest BCUT2D eigenvalue weighted by Crippen LogP contribution is -2.41. The summed E-state index contributed by atoms with van der Waals surface area (Å²) in [5.74, 6) is -0.214. The smallest absolute Gasteiger partial charge is 0.258 e. The molecule has 5 nitrogen and oxygen atoms in total. The Hall–Kier alpha value is -1.63. The van der Waals surface area contributed by atoms with Crippen LogP contribution in [-0.2, 0) is 4.79 Å². The Labute approximate surface area is 166 Å². The summed E-state index contributed by atoms with van der Waals surface area (Å²) in [4.78, 5) is 12.3. The molecule has 1 heterocycles. The number of hydrazone groups is 1. The molecule has 3 N–H and O–H groups in total. The summed E-state index contributed by atoms with van der Waals surface area (Å²) in [6.45, 7) is 1.82. The summed E-state index contributed by atoms with van der Waals surface area (Å²) in [6.07, 6.45) is 0.569. The van der Waals surface area contributed by atoms with Gasteiger partial charge in [0.05, 0.1) is 15.8 Å². The van der Waals surface area contributed by atoms with Crippen LogP contribution in [0.4, 0.5) is 0 Å². The Morgan fingerprint density at radius 1 is 1.08 bits per heavy atom. The number of carbonyl (C=O) groups is 1. The molecule has 0 radical (unpaired) electrons. The molecule has 0 saturated carbocycles. The van der Waals surface area contributed by atoms with Gasteiger partial charge in [0.15, 0.2) is 0 Å². The minimum Gasteiger partial charge on any atom is -0.271 e. The number of hydrogen-bond acceptors (Lipinski definition) is 4. The van der Waals surface area contributed by atoms with Crippen LogP contribution in [0.15, 0.2) is 47.6 Å². The van der Waals surface area contributed by atoms with Gasteiger partial charge in [0.25, 0.3) is 5.91 Å². The lowest BCUT2D eigenvalue weighted by atomic mass is 10.0. The van der Waals surface area contributed by atoms with Crippen LogP contribution >= 0.6 is 34.8 Å². The van der Waals surface area contributed by atoms with Crippen molar-refractivity contribution in [2.45, 2.75) is 25.4 Å². The first-order valence-corrected chi connectivity index (χ1v) is 9.13. The second-order valence-electron chi connectivity index (χ2n) is 5.98. The van der Waals surface area contributed by atoms with E-state index < -0.39 is 6.04 Å². The zero-order chi connectivity index (χ0) is 18.7. The number of amides is 1. The lowest BCUT2D eigenvalue weighted by Gasteiger charge is -2.10. The quantitative estimate of drug-likeness (QED) is 0.524. The van der Waals surface area contributed by atoms with Crippen LogP contribution in [0.5, 0.6) is 0 Å². The van der Waals surface area contributed by atoms with Crippen LogP contribution in [0.1, 0.15) is 30.5 Å². The highest BCUT2D eigenvalue weighted by Gasteiger charge is 2.30. The molecule has 0 aromatic heterocycles. The van der Waals surface area contributed by atoms with Gasteiger partial charge >= 0.3 is 0 Å².